The van der Waals surface area contributed by atoms with Gasteiger partial charge in [0, 0.05) is 12.4 Å². The summed E-state index contributed by atoms with van der Waals surface area (Å²) >= 11 is 1.60. The van der Waals surface area contributed by atoms with Gasteiger partial charge in [0.2, 0.25) is 5.91 Å². The first-order chi connectivity index (χ1) is 9.45. The summed E-state index contributed by atoms with van der Waals surface area (Å²) in [7, 11) is 0. The third-order valence-electron chi connectivity index (χ3n) is 2.02. The van der Waals surface area contributed by atoms with E-state index >= 15 is 0 Å². The first-order valence-corrected chi connectivity index (χ1v) is 7.12. The second-order valence-corrected chi connectivity index (χ2v) is 5.56. The van der Waals surface area contributed by atoms with Crippen LogP contribution in [0.15, 0.2) is 35.7 Å². The minimum absolute atomic E-state index is 0.0310. The van der Waals surface area contributed by atoms with Crippen LogP contribution in [0.2, 0.25) is 0 Å². The van der Waals surface area contributed by atoms with Crippen molar-refractivity contribution in [2.24, 2.45) is 0 Å². The number of carbonyl (C=O) groups excluding carboxylic acids is 1. The van der Waals surface area contributed by atoms with Crippen molar-refractivity contribution >= 4 is 34.0 Å². The van der Waals surface area contributed by atoms with Crippen LogP contribution < -0.4 is 5.32 Å². The van der Waals surface area contributed by atoms with Gasteiger partial charge < -0.3 is 5.32 Å². The highest BCUT2D eigenvalue weighted by molar-refractivity contribution is 7.99. The molecule has 0 atom stereocenters. The van der Waals surface area contributed by atoms with Crippen LogP contribution in [0.1, 0.15) is 4.88 Å². The number of amides is 1. The van der Waals surface area contributed by atoms with E-state index in [-0.39, 0.29) is 10.8 Å². The zero-order valence-electron chi connectivity index (χ0n) is 9.85. The van der Waals surface area contributed by atoms with Gasteiger partial charge in [0.25, 0.3) is 0 Å². The Labute approximate surface area is 120 Å². The highest BCUT2D eigenvalue weighted by atomic mass is 32.2. The van der Waals surface area contributed by atoms with Crippen LogP contribution in [-0.2, 0) is 11.0 Å². The number of hydrogen-bond donors (Lipinski definition) is 1. The number of alkyl halides is 3. The Bertz CT molecular complexity index is 586. The predicted octanol–water partition coefficient (Wildman–Crippen LogP) is 3.29. The summed E-state index contributed by atoms with van der Waals surface area (Å²) in [5.41, 5.74) is 0. The lowest BCUT2D eigenvalue weighted by atomic mass is 10.4. The van der Waals surface area contributed by atoms with Crippen molar-refractivity contribution in [3.8, 4) is 0 Å². The van der Waals surface area contributed by atoms with Crippen molar-refractivity contribution in [3.63, 3.8) is 0 Å². The fraction of sp³-hybridized carbons (Fsp3) is 0.182. The molecule has 0 fully saturated rings. The minimum atomic E-state index is -4.39. The monoisotopic (exact) mass is 319 g/mol. The molecule has 0 saturated carbocycles. The summed E-state index contributed by atoms with van der Waals surface area (Å²) < 4.78 is 37.2. The number of nitrogens with one attached hydrogen (secondary N) is 1. The van der Waals surface area contributed by atoms with E-state index in [1.54, 1.807) is 18.5 Å². The first kappa shape index (κ1) is 14.8. The number of aromatic nitrogens is 2. The number of anilines is 1. The van der Waals surface area contributed by atoms with Gasteiger partial charge in [0.05, 0.1) is 10.8 Å². The van der Waals surface area contributed by atoms with Crippen LogP contribution in [0.4, 0.5) is 18.2 Å². The third kappa shape index (κ3) is 4.20. The molecule has 0 aliphatic rings. The number of rotatable bonds is 4. The third-order valence-corrected chi connectivity index (χ3v) is 3.94. The number of thiophene rings is 1. The first-order valence-electron chi connectivity index (χ1n) is 5.32. The van der Waals surface area contributed by atoms with E-state index < -0.39 is 17.0 Å². The van der Waals surface area contributed by atoms with Crippen LogP contribution >= 0.6 is 23.1 Å². The van der Waals surface area contributed by atoms with Crippen molar-refractivity contribution in [3.05, 3.63) is 35.5 Å². The molecule has 0 saturated heterocycles. The Kier molecular flexibility index (Phi) is 4.61. The molecule has 2 aromatic rings. The summed E-state index contributed by atoms with van der Waals surface area (Å²) in [6.07, 6.45) is -1.30. The fourth-order valence-corrected chi connectivity index (χ4v) is 2.61. The SMILES string of the molecule is O=C(CSc1ncccn1)Nc1ccc(C(F)(F)F)s1. The number of nitrogens with zero attached hydrogens (tertiary/aromatic N) is 2. The summed E-state index contributed by atoms with van der Waals surface area (Å²) in [6.45, 7) is 0. The van der Waals surface area contributed by atoms with Crippen LogP contribution in [0.3, 0.4) is 0 Å². The molecule has 0 aromatic carbocycles. The lowest BCUT2D eigenvalue weighted by Gasteiger charge is -2.02. The Hall–Kier alpha value is -1.61. The van der Waals surface area contributed by atoms with Gasteiger partial charge in [0.1, 0.15) is 4.88 Å². The van der Waals surface area contributed by atoms with E-state index in [0.717, 1.165) is 17.8 Å². The molecule has 0 radical (unpaired) electrons. The lowest BCUT2D eigenvalue weighted by molar-refractivity contribution is -0.134. The highest BCUT2D eigenvalue weighted by Crippen LogP contribution is 2.36. The van der Waals surface area contributed by atoms with E-state index in [0.29, 0.717) is 16.5 Å². The summed E-state index contributed by atoms with van der Waals surface area (Å²) in [5.74, 6) is -0.374. The topological polar surface area (TPSA) is 54.9 Å². The second kappa shape index (κ2) is 6.23. The summed E-state index contributed by atoms with van der Waals surface area (Å²) in [6, 6.07) is 3.82. The largest absolute Gasteiger partial charge is 0.425 e. The quantitative estimate of drug-likeness (QED) is 0.694. The molecule has 4 nitrogen and oxygen atoms in total. The van der Waals surface area contributed by atoms with Crippen LogP contribution in [0.25, 0.3) is 0 Å². The Morgan fingerprint density at radius 1 is 1.30 bits per heavy atom. The van der Waals surface area contributed by atoms with Gasteiger partial charge in [-0.15, -0.1) is 11.3 Å². The maximum atomic E-state index is 12.4. The standard InChI is InChI=1S/C11H8F3N3OS2/c12-11(13,14)7-2-3-9(20-7)17-8(18)6-19-10-15-4-1-5-16-10/h1-5H,6H2,(H,17,18). The number of thioether (sulfide) groups is 1. The molecular weight excluding hydrogens is 311 g/mol. The zero-order valence-corrected chi connectivity index (χ0v) is 11.5. The van der Waals surface area contributed by atoms with Gasteiger partial charge in [-0.05, 0) is 18.2 Å². The molecule has 9 heteroatoms. The molecule has 20 heavy (non-hydrogen) atoms. The van der Waals surface area contributed by atoms with Gasteiger partial charge in [-0.25, -0.2) is 9.97 Å². The van der Waals surface area contributed by atoms with Crippen molar-refractivity contribution < 1.29 is 18.0 Å². The molecule has 1 amide bonds. The maximum absolute atomic E-state index is 12.4. The van der Waals surface area contributed by atoms with Crippen molar-refractivity contribution in [1.82, 2.24) is 9.97 Å². The van der Waals surface area contributed by atoms with Gasteiger partial charge in [-0.1, -0.05) is 11.8 Å². The predicted molar refractivity (Wildman–Crippen MR) is 70.7 cm³/mol. The smallest absolute Gasteiger partial charge is 0.317 e. The normalized spacial score (nSPS) is 11.3. The highest BCUT2D eigenvalue weighted by Gasteiger charge is 2.32. The molecule has 0 aliphatic carbocycles. The molecule has 0 aliphatic heterocycles. The van der Waals surface area contributed by atoms with E-state index in [9.17, 15) is 18.0 Å². The molecule has 106 valence electrons. The average molecular weight is 319 g/mol. The van der Waals surface area contributed by atoms with Crippen LogP contribution in [0.5, 0.6) is 0 Å². The molecular formula is C11H8F3N3OS2. The van der Waals surface area contributed by atoms with Gasteiger partial charge in [-0.3, -0.25) is 4.79 Å². The molecule has 0 spiro atoms. The zero-order chi connectivity index (χ0) is 14.6. The molecule has 2 rings (SSSR count). The van der Waals surface area contributed by atoms with Crippen molar-refractivity contribution in [2.75, 3.05) is 11.1 Å². The van der Waals surface area contributed by atoms with E-state index in [1.807, 2.05) is 0 Å². The maximum Gasteiger partial charge on any atom is 0.425 e. The molecule has 2 heterocycles. The van der Waals surface area contributed by atoms with E-state index in [2.05, 4.69) is 15.3 Å². The van der Waals surface area contributed by atoms with Gasteiger partial charge in [0.15, 0.2) is 5.16 Å². The molecule has 1 N–H and O–H groups in total. The Balaban J connectivity index is 1.87. The summed E-state index contributed by atoms with van der Waals surface area (Å²) in [5, 5.41) is 3.01. The molecule has 0 bridgehead atoms. The van der Waals surface area contributed by atoms with E-state index in [1.165, 1.54) is 6.07 Å². The second-order valence-electron chi connectivity index (χ2n) is 3.53. The Morgan fingerprint density at radius 3 is 2.60 bits per heavy atom. The van der Waals surface area contributed by atoms with Gasteiger partial charge >= 0.3 is 6.18 Å². The van der Waals surface area contributed by atoms with Crippen molar-refractivity contribution in [1.29, 1.82) is 0 Å². The molecule has 0 unspecified atom stereocenters. The average Bonchev–Trinajstić information content (AvgIpc) is 2.86. The lowest BCUT2D eigenvalue weighted by Crippen LogP contribution is -2.13. The van der Waals surface area contributed by atoms with Crippen molar-refractivity contribution in [2.45, 2.75) is 11.3 Å². The number of carbonyl (C=O) groups is 1. The number of hydrogen-bond acceptors (Lipinski definition) is 5. The van der Waals surface area contributed by atoms with Gasteiger partial charge in [-0.2, -0.15) is 13.2 Å². The number of halogens is 3. The fourth-order valence-electron chi connectivity index (χ4n) is 1.22. The van der Waals surface area contributed by atoms with E-state index in [4.69, 9.17) is 0 Å². The van der Waals surface area contributed by atoms with Crippen LogP contribution in [-0.4, -0.2) is 21.6 Å². The van der Waals surface area contributed by atoms with Crippen LogP contribution in [0, 0.1) is 0 Å². The Morgan fingerprint density at radius 2 is 2.00 bits per heavy atom. The minimum Gasteiger partial charge on any atom is -0.317 e. The molecule has 2 aromatic heterocycles. The summed E-state index contributed by atoms with van der Waals surface area (Å²) in [4.78, 5) is 18.7.